The van der Waals surface area contributed by atoms with E-state index in [2.05, 4.69) is 10.3 Å². The van der Waals surface area contributed by atoms with E-state index in [0.29, 0.717) is 6.54 Å². The molecule has 2 unspecified atom stereocenters. The zero-order valence-electron chi connectivity index (χ0n) is 9.89. The molecule has 1 aliphatic rings. The topological polar surface area (TPSA) is 68.0 Å². The highest BCUT2D eigenvalue weighted by Crippen LogP contribution is 2.22. The average molecular weight is 253 g/mol. The number of thiazole rings is 1. The first kappa shape index (κ1) is 12.5. The van der Waals surface area contributed by atoms with Gasteiger partial charge in [-0.25, -0.2) is 4.98 Å². The normalized spacial score (nSPS) is 24.5. The van der Waals surface area contributed by atoms with Crippen LogP contribution >= 0.6 is 11.3 Å². The second-order valence-electron chi connectivity index (χ2n) is 4.52. The fraction of sp³-hybridized carbons (Fsp3) is 0.667. The summed E-state index contributed by atoms with van der Waals surface area (Å²) in [7, 11) is 0. The van der Waals surface area contributed by atoms with Gasteiger partial charge < -0.3 is 11.1 Å². The van der Waals surface area contributed by atoms with Crippen molar-refractivity contribution in [2.45, 2.75) is 38.1 Å². The van der Waals surface area contributed by atoms with E-state index in [4.69, 9.17) is 5.73 Å². The van der Waals surface area contributed by atoms with Gasteiger partial charge in [-0.2, -0.15) is 0 Å². The van der Waals surface area contributed by atoms with E-state index in [1.807, 2.05) is 5.38 Å². The molecule has 1 aliphatic carbocycles. The molecule has 0 bridgehead atoms. The lowest BCUT2D eigenvalue weighted by Gasteiger charge is -2.27. The molecule has 0 aromatic carbocycles. The number of rotatable bonds is 4. The highest BCUT2D eigenvalue weighted by molar-refractivity contribution is 7.09. The van der Waals surface area contributed by atoms with E-state index in [1.54, 1.807) is 17.5 Å². The molecule has 0 aliphatic heterocycles. The van der Waals surface area contributed by atoms with Gasteiger partial charge in [0.05, 0.1) is 10.9 Å². The minimum absolute atomic E-state index is 0.0139. The summed E-state index contributed by atoms with van der Waals surface area (Å²) in [5.74, 6) is 0.133. The molecule has 1 saturated carbocycles. The molecule has 1 heterocycles. The second kappa shape index (κ2) is 6.12. The number of hydrogen-bond donors (Lipinski definition) is 2. The molecule has 0 spiro atoms. The monoisotopic (exact) mass is 253 g/mol. The molecular weight excluding hydrogens is 234 g/mol. The lowest BCUT2D eigenvalue weighted by atomic mass is 9.84. The Morgan fingerprint density at radius 1 is 1.53 bits per heavy atom. The highest BCUT2D eigenvalue weighted by Gasteiger charge is 2.27. The van der Waals surface area contributed by atoms with Crippen LogP contribution in [0.3, 0.4) is 0 Å². The molecule has 3 N–H and O–H groups in total. The smallest absolute Gasteiger partial charge is 0.224 e. The van der Waals surface area contributed by atoms with Crippen LogP contribution in [-0.4, -0.2) is 23.5 Å². The van der Waals surface area contributed by atoms with Gasteiger partial charge in [-0.05, 0) is 12.8 Å². The SMILES string of the molecule is NC1CCCCC1C(=O)NCCc1nccs1. The van der Waals surface area contributed by atoms with Crippen LogP contribution in [0.15, 0.2) is 11.6 Å². The summed E-state index contributed by atoms with van der Waals surface area (Å²) in [6, 6.07) is 0.0450. The maximum Gasteiger partial charge on any atom is 0.224 e. The Morgan fingerprint density at radius 2 is 2.35 bits per heavy atom. The van der Waals surface area contributed by atoms with E-state index >= 15 is 0 Å². The van der Waals surface area contributed by atoms with E-state index in [9.17, 15) is 4.79 Å². The number of aromatic nitrogens is 1. The predicted molar refractivity (Wildman–Crippen MR) is 68.8 cm³/mol. The minimum Gasteiger partial charge on any atom is -0.355 e. The van der Waals surface area contributed by atoms with Gasteiger partial charge in [-0.15, -0.1) is 11.3 Å². The average Bonchev–Trinajstić information content (AvgIpc) is 2.82. The number of carbonyl (C=O) groups is 1. The zero-order valence-corrected chi connectivity index (χ0v) is 10.7. The molecule has 1 amide bonds. The van der Waals surface area contributed by atoms with Crippen LogP contribution in [0.2, 0.25) is 0 Å². The Balaban J connectivity index is 1.73. The molecule has 1 aromatic rings. The van der Waals surface area contributed by atoms with Crippen molar-refractivity contribution >= 4 is 17.2 Å². The Labute approximate surface area is 106 Å². The van der Waals surface area contributed by atoms with Gasteiger partial charge in [0.25, 0.3) is 0 Å². The Kier molecular flexibility index (Phi) is 4.50. The lowest BCUT2D eigenvalue weighted by Crippen LogP contribution is -2.44. The number of nitrogens with zero attached hydrogens (tertiary/aromatic N) is 1. The number of nitrogens with two attached hydrogens (primary N) is 1. The Bertz CT molecular complexity index is 353. The first-order valence-electron chi connectivity index (χ1n) is 6.19. The molecule has 0 saturated heterocycles. The molecule has 2 rings (SSSR count). The van der Waals surface area contributed by atoms with Crippen molar-refractivity contribution in [2.75, 3.05) is 6.54 Å². The third kappa shape index (κ3) is 3.51. The molecule has 1 fully saturated rings. The first-order valence-corrected chi connectivity index (χ1v) is 7.07. The molecule has 0 radical (unpaired) electrons. The van der Waals surface area contributed by atoms with E-state index in [0.717, 1.165) is 37.1 Å². The molecule has 2 atom stereocenters. The van der Waals surface area contributed by atoms with Crippen LogP contribution in [0.25, 0.3) is 0 Å². The largest absolute Gasteiger partial charge is 0.355 e. The molecule has 1 aromatic heterocycles. The third-order valence-corrected chi connectivity index (χ3v) is 4.12. The molecule has 5 heteroatoms. The standard InChI is InChI=1S/C12H19N3OS/c13-10-4-2-1-3-9(10)12(16)15-6-5-11-14-7-8-17-11/h7-10H,1-6,13H2,(H,15,16). The summed E-state index contributed by atoms with van der Waals surface area (Å²) in [5.41, 5.74) is 5.98. The van der Waals surface area contributed by atoms with Crippen LogP contribution in [0.5, 0.6) is 0 Å². The van der Waals surface area contributed by atoms with Crippen LogP contribution in [0, 0.1) is 5.92 Å². The van der Waals surface area contributed by atoms with Gasteiger partial charge in [0.15, 0.2) is 0 Å². The number of amides is 1. The van der Waals surface area contributed by atoms with E-state index in [-0.39, 0.29) is 17.9 Å². The van der Waals surface area contributed by atoms with Crippen LogP contribution in [-0.2, 0) is 11.2 Å². The van der Waals surface area contributed by atoms with Crippen molar-refractivity contribution in [3.8, 4) is 0 Å². The Morgan fingerprint density at radius 3 is 3.06 bits per heavy atom. The highest BCUT2D eigenvalue weighted by atomic mass is 32.1. The van der Waals surface area contributed by atoms with Crippen molar-refractivity contribution < 1.29 is 4.79 Å². The summed E-state index contributed by atoms with van der Waals surface area (Å²) >= 11 is 1.62. The van der Waals surface area contributed by atoms with E-state index < -0.39 is 0 Å². The quantitative estimate of drug-likeness (QED) is 0.850. The number of carbonyl (C=O) groups excluding carboxylic acids is 1. The fourth-order valence-electron chi connectivity index (χ4n) is 2.29. The van der Waals surface area contributed by atoms with Gasteiger partial charge >= 0.3 is 0 Å². The van der Waals surface area contributed by atoms with Crippen molar-refractivity contribution in [3.63, 3.8) is 0 Å². The predicted octanol–water partition coefficient (Wildman–Crippen LogP) is 1.32. The van der Waals surface area contributed by atoms with E-state index in [1.165, 1.54) is 0 Å². The van der Waals surface area contributed by atoms with Crippen molar-refractivity contribution in [1.82, 2.24) is 10.3 Å². The molecule has 17 heavy (non-hydrogen) atoms. The molecule has 4 nitrogen and oxygen atoms in total. The van der Waals surface area contributed by atoms with Crippen LogP contribution < -0.4 is 11.1 Å². The molecule has 94 valence electrons. The van der Waals surface area contributed by atoms with Crippen molar-refractivity contribution in [1.29, 1.82) is 0 Å². The van der Waals surface area contributed by atoms with Gasteiger partial charge in [-0.1, -0.05) is 12.8 Å². The minimum atomic E-state index is 0.0139. The van der Waals surface area contributed by atoms with Gasteiger partial charge in [0.2, 0.25) is 5.91 Å². The first-order chi connectivity index (χ1) is 8.27. The maximum atomic E-state index is 11.9. The molecular formula is C12H19N3OS. The van der Waals surface area contributed by atoms with Gasteiger partial charge in [0.1, 0.15) is 0 Å². The number of nitrogens with one attached hydrogen (secondary N) is 1. The van der Waals surface area contributed by atoms with Crippen LogP contribution in [0.1, 0.15) is 30.7 Å². The van der Waals surface area contributed by atoms with Crippen LogP contribution in [0.4, 0.5) is 0 Å². The fourth-order valence-corrected chi connectivity index (χ4v) is 2.91. The summed E-state index contributed by atoms with van der Waals surface area (Å²) in [6.45, 7) is 0.662. The summed E-state index contributed by atoms with van der Waals surface area (Å²) in [6.07, 6.45) is 6.79. The zero-order chi connectivity index (χ0) is 12.1. The summed E-state index contributed by atoms with van der Waals surface area (Å²) in [4.78, 5) is 16.1. The summed E-state index contributed by atoms with van der Waals surface area (Å²) in [5, 5.41) is 5.99. The summed E-state index contributed by atoms with van der Waals surface area (Å²) < 4.78 is 0. The third-order valence-electron chi connectivity index (χ3n) is 3.28. The Hall–Kier alpha value is -0.940. The van der Waals surface area contributed by atoms with Crippen molar-refractivity contribution in [2.24, 2.45) is 11.7 Å². The van der Waals surface area contributed by atoms with Gasteiger partial charge in [0, 0.05) is 30.6 Å². The lowest BCUT2D eigenvalue weighted by molar-refractivity contribution is -0.126. The number of hydrogen-bond acceptors (Lipinski definition) is 4. The van der Waals surface area contributed by atoms with Crippen molar-refractivity contribution in [3.05, 3.63) is 16.6 Å². The maximum absolute atomic E-state index is 11.9. The van der Waals surface area contributed by atoms with Gasteiger partial charge in [-0.3, -0.25) is 4.79 Å². The second-order valence-corrected chi connectivity index (χ2v) is 5.50.